The molecule has 2 aliphatic heterocycles. The van der Waals surface area contributed by atoms with Gasteiger partial charge >= 0.3 is 5.97 Å². The summed E-state index contributed by atoms with van der Waals surface area (Å²) in [7, 11) is 0. The molecule has 2 fully saturated rings. The Morgan fingerprint density at radius 1 is 1.11 bits per heavy atom. The third-order valence-corrected chi connectivity index (χ3v) is 8.32. The van der Waals surface area contributed by atoms with Crippen LogP contribution in [0.4, 0.5) is 0 Å². The van der Waals surface area contributed by atoms with Gasteiger partial charge in [-0.05, 0) is 48.7 Å². The average Bonchev–Trinajstić information content (AvgIpc) is 3.09. The molecule has 0 radical (unpaired) electrons. The first kappa shape index (κ1) is 25.6. The Labute approximate surface area is 208 Å². The summed E-state index contributed by atoms with van der Waals surface area (Å²) in [4.78, 5) is 26.9. The molecule has 3 aliphatic rings. The molecule has 3 N–H and O–H groups in total. The van der Waals surface area contributed by atoms with Gasteiger partial charge in [-0.2, -0.15) is 0 Å². The topological polar surface area (TPSA) is 95.9 Å². The number of hydrogen-bond donors (Lipinski definition) is 3. The van der Waals surface area contributed by atoms with Gasteiger partial charge in [0.25, 0.3) is 5.91 Å². The summed E-state index contributed by atoms with van der Waals surface area (Å²) in [5, 5.41) is 24.8. The van der Waals surface area contributed by atoms with Gasteiger partial charge in [0, 0.05) is 18.4 Å². The third-order valence-electron chi connectivity index (χ3n) is 8.32. The molecule has 0 aromatic heterocycles. The fourth-order valence-electron chi connectivity index (χ4n) is 6.30. The lowest BCUT2D eigenvalue weighted by molar-refractivity contribution is -0.187. The van der Waals surface area contributed by atoms with Crippen molar-refractivity contribution in [1.29, 1.82) is 0 Å². The van der Waals surface area contributed by atoms with Gasteiger partial charge in [-0.25, -0.2) is 0 Å². The Morgan fingerprint density at radius 2 is 1.86 bits per heavy atom. The summed E-state index contributed by atoms with van der Waals surface area (Å²) in [6, 6.07) is 9.66. The van der Waals surface area contributed by atoms with Crippen molar-refractivity contribution in [3.8, 4) is 0 Å². The van der Waals surface area contributed by atoms with Crippen molar-refractivity contribution >= 4 is 11.9 Å². The number of amides is 1. The van der Waals surface area contributed by atoms with Crippen LogP contribution in [0.1, 0.15) is 57.9 Å². The number of rotatable bonds is 2. The van der Waals surface area contributed by atoms with Crippen LogP contribution < -0.4 is 5.32 Å². The van der Waals surface area contributed by atoms with E-state index in [0.717, 1.165) is 24.8 Å². The summed E-state index contributed by atoms with van der Waals surface area (Å²) in [5.41, 5.74) is 0.219. The first-order valence-electron chi connectivity index (χ1n) is 13.0. The fourth-order valence-corrected chi connectivity index (χ4v) is 6.30. The van der Waals surface area contributed by atoms with E-state index >= 15 is 0 Å². The first-order valence-corrected chi connectivity index (χ1v) is 13.0. The fraction of sp³-hybridized carbons (Fsp3) is 0.586. The number of esters is 1. The predicted molar refractivity (Wildman–Crippen MR) is 134 cm³/mol. The van der Waals surface area contributed by atoms with E-state index in [1.807, 2.05) is 49.4 Å². The standard InChI is InChI=1S/C29H39NO5/c1-18-9-7-13-22(31)15-16-25(32)35-29-23(14-8-10-18)27(33)20(3)19(2)26(29)24(30-28(29)34)17-21-11-5-4-6-12-21/h4-6,8,11-12,14,18-19,22-24,26-27,31,33H,3,7,9-10,13,15-17H2,1-2H3,(H,30,34)/b14-8+/t18-,19-,22+,23-,24-,26+,27+,29-/m0/s1. The Hall–Kier alpha value is -2.44. The van der Waals surface area contributed by atoms with E-state index in [1.165, 1.54) is 0 Å². The lowest BCUT2D eigenvalue weighted by atomic mass is 9.59. The van der Waals surface area contributed by atoms with Crippen LogP contribution in [0, 0.1) is 23.7 Å². The van der Waals surface area contributed by atoms with Crippen molar-refractivity contribution in [1.82, 2.24) is 5.32 Å². The Morgan fingerprint density at radius 3 is 2.60 bits per heavy atom. The van der Waals surface area contributed by atoms with E-state index in [1.54, 1.807) is 0 Å². The van der Waals surface area contributed by atoms with Crippen molar-refractivity contribution in [2.45, 2.75) is 82.6 Å². The number of ether oxygens (including phenoxy) is 1. The van der Waals surface area contributed by atoms with Gasteiger partial charge in [-0.3, -0.25) is 9.59 Å². The van der Waals surface area contributed by atoms with Crippen molar-refractivity contribution < 1.29 is 24.5 Å². The minimum Gasteiger partial charge on any atom is -0.448 e. The van der Waals surface area contributed by atoms with Crippen molar-refractivity contribution in [3.05, 3.63) is 60.2 Å². The number of carbonyl (C=O) groups is 2. The quantitative estimate of drug-likeness (QED) is 0.442. The minimum absolute atomic E-state index is 0.0314. The maximum Gasteiger partial charge on any atom is 0.306 e. The molecule has 1 aromatic carbocycles. The van der Waals surface area contributed by atoms with Crippen LogP contribution in [0.2, 0.25) is 0 Å². The number of aliphatic hydroxyl groups excluding tert-OH is 2. The molecule has 6 nitrogen and oxygen atoms in total. The second-order valence-corrected chi connectivity index (χ2v) is 10.8. The SMILES string of the molecule is C=C1[C@@H](O)[C@@H]2/C=C/C[C@@H](C)CCC[C@@H](O)CCC(=O)O[C@@]23C(=O)N[C@@H](Cc2ccccc2)[C@H]3[C@H]1C. The molecular formula is C29H39NO5. The van der Waals surface area contributed by atoms with E-state index in [4.69, 9.17) is 4.74 Å². The third kappa shape index (κ3) is 5.10. The zero-order valence-electron chi connectivity index (χ0n) is 20.9. The van der Waals surface area contributed by atoms with E-state index in [0.29, 0.717) is 30.8 Å². The van der Waals surface area contributed by atoms with Gasteiger partial charge in [0.2, 0.25) is 5.60 Å². The van der Waals surface area contributed by atoms with E-state index < -0.39 is 29.7 Å². The molecular weight excluding hydrogens is 442 g/mol. The van der Waals surface area contributed by atoms with E-state index in [2.05, 4.69) is 18.8 Å². The summed E-state index contributed by atoms with van der Waals surface area (Å²) in [6.07, 6.45) is 6.53. The smallest absolute Gasteiger partial charge is 0.306 e. The molecule has 1 aromatic rings. The molecule has 35 heavy (non-hydrogen) atoms. The molecule has 2 heterocycles. The first-order chi connectivity index (χ1) is 16.7. The van der Waals surface area contributed by atoms with Crippen LogP contribution in [0.5, 0.6) is 0 Å². The lowest BCUT2D eigenvalue weighted by Crippen LogP contribution is -2.61. The molecule has 6 heteroatoms. The summed E-state index contributed by atoms with van der Waals surface area (Å²) in [5.74, 6) is -1.80. The van der Waals surface area contributed by atoms with Gasteiger partial charge < -0.3 is 20.3 Å². The zero-order chi connectivity index (χ0) is 25.2. The molecule has 0 bridgehead atoms. The van der Waals surface area contributed by atoms with Crippen LogP contribution in [0.3, 0.4) is 0 Å². The molecule has 1 saturated carbocycles. The maximum atomic E-state index is 13.8. The summed E-state index contributed by atoms with van der Waals surface area (Å²) < 4.78 is 6.14. The van der Waals surface area contributed by atoms with Gasteiger partial charge in [-0.15, -0.1) is 0 Å². The average molecular weight is 482 g/mol. The highest BCUT2D eigenvalue weighted by atomic mass is 16.6. The molecule has 0 unspecified atom stereocenters. The van der Waals surface area contributed by atoms with E-state index in [-0.39, 0.29) is 30.2 Å². The van der Waals surface area contributed by atoms with Crippen molar-refractivity contribution in [2.24, 2.45) is 23.7 Å². The second kappa shape index (κ2) is 10.7. The highest BCUT2D eigenvalue weighted by Crippen LogP contribution is 2.52. The number of carbonyl (C=O) groups excluding carboxylic acids is 2. The van der Waals surface area contributed by atoms with Gasteiger partial charge in [-0.1, -0.05) is 75.8 Å². The largest absolute Gasteiger partial charge is 0.448 e. The van der Waals surface area contributed by atoms with Crippen LogP contribution in [-0.4, -0.2) is 45.9 Å². The normalized spacial score (nSPS) is 39.5. The summed E-state index contributed by atoms with van der Waals surface area (Å²) >= 11 is 0. The van der Waals surface area contributed by atoms with Crippen LogP contribution in [0.25, 0.3) is 0 Å². The lowest BCUT2D eigenvalue weighted by Gasteiger charge is -2.49. The van der Waals surface area contributed by atoms with Gasteiger partial charge in [0.15, 0.2) is 0 Å². The minimum atomic E-state index is -1.52. The Kier molecular flexibility index (Phi) is 7.82. The van der Waals surface area contributed by atoms with E-state index in [9.17, 15) is 19.8 Å². The zero-order valence-corrected chi connectivity index (χ0v) is 20.9. The maximum absolute atomic E-state index is 13.8. The Balaban J connectivity index is 1.75. The molecule has 1 amide bonds. The molecule has 8 atom stereocenters. The molecule has 190 valence electrons. The monoisotopic (exact) mass is 481 g/mol. The van der Waals surface area contributed by atoms with Crippen LogP contribution in [-0.2, 0) is 20.7 Å². The van der Waals surface area contributed by atoms with Gasteiger partial charge in [0.1, 0.15) is 0 Å². The number of nitrogens with one attached hydrogen (secondary N) is 1. The molecule has 1 saturated heterocycles. The highest BCUT2D eigenvalue weighted by Gasteiger charge is 2.67. The predicted octanol–water partition coefficient (Wildman–Crippen LogP) is 3.72. The van der Waals surface area contributed by atoms with Crippen LogP contribution in [0.15, 0.2) is 54.6 Å². The second-order valence-electron chi connectivity index (χ2n) is 10.8. The molecule has 4 rings (SSSR count). The van der Waals surface area contributed by atoms with Gasteiger partial charge in [0.05, 0.1) is 18.1 Å². The number of aliphatic hydroxyl groups is 2. The molecule has 1 aliphatic carbocycles. The summed E-state index contributed by atoms with van der Waals surface area (Å²) in [6.45, 7) is 8.32. The van der Waals surface area contributed by atoms with Crippen molar-refractivity contribution in [3.63, 3.8) is 0 Å². The van der Waals surface area contributed by atoms with Crippen molar-refractivity contribution in [2.75, 3.05) is 0 Å². The number of allylic oxidation sites excluding steroid dienone is 1. The number of benzene rings is 1. The Bertz CT molecular complexity index is 959. The van der Waals surface area contributed by atoms with Crippen LogP contribution >= 0.6 is 0 Å². The molecule has 1 spiro atoms. The number of hydrogen-bond acceptors (Lipinski definition) is 5. The highest BCUT2D eigenvalue weighted by molar-refractivity contribution is 5.92.